The van der Waals surface area contributed by atoms with E-state index >= 15 is 0 Å². The Labute approximate surface area is 105 Å². The van der Waals surface area contributed by atoms with Crippen molar-refractivity contribution in [1.82, 2.24) is 0 Å². The zero-order valence-corrected chi connectivity index (χ0v) is 11.0. The van der Waals surface area contributed by atoms with Crippen molar-refractivity contribution in [2.75, 3.05) is 12.4 Å². The first kappa shape index (κ1) is 11.5. The fraction of sp³-hybridized carbons (Fsp3) is 0.286. The molecule has 0 aromatic heterocycles. The van der Waals surface area contributed by atoms with Crippen LogP contribution in [0, 0.1) is 0 Å². The van der Waals surface area contributed by atoms with Crippen LogP contribution in [0.4, 0.5) is 0 Å². The second kappa shape index (κ2) is 5.35. The largest absolute Gasteiger partial charge is 0.497 e. The Morgan fingerprint density at radius 3 is 2.81 bits per heavy atom. The van der Waals surface area contributed by atoms with Crippen LogP contribution >= 0.6 is 15.9 Å². The molecule has 0 aliphatic rings. The highest BCUT2D eigenvalue weighted by Crippen LogP contribution is 2.24. The van der Waals surface area contributed by atoms with E-state index in [4.69, 9.17) is 4.74 Å². The van der Waals surface area contributed by atoms with Crippen molar-refractivity contribution in [3.8, 4) is 5.75 Å². The number of alkyl halides is 1. The molecule has 0 unspecified atom stereocenters. The molecule has 0 spiro atoms. The molecule has 2 rings (SSSR count). The third-order valence-electron chi connectivity index (χ3n) is 2.76. The Balaban J connectivity index is 2.46. The van der Waals surface area contributed by atoms with Gasteiger partial charge in [-0.2, -0.15) is 0 Å². The van der Waals surface area contributed by atoms with E-state index in [2.05, 4.69) is 46.3 Å². The van der Waals surface area contributed by atoms with Crippen LogP contribution in [0.15, 0.2) is 36.4 Å². The summed E-state index contributed by atoms with van der Waals surface area (Å²) >= 11 is 3.47. The molecular weight excluding hydrogens is 264 g/mol. The Hall–Kier alpha value is -1.02. The molecule has 0 fully saturated rings. The molecule has 0 N–H and O–H groups in total. The lowest BCUT2D eigenvalue weighted by Gasteiger charge is -2.07. The number of hydrogen-bond donors (Lipinski definition) is 0. The third-order valence-corrected chi connectivity index (χ3v) is 3.32. The number of hydrogen-bond acceptors (Lipinski definition) is 1. The van der Waals surface area contributed by atoms with Crippen LogP contribution in [0.1, 0.15) is 12.0 Å². The molecular formula is C14H15BrO. The van der Waals surface area contributed by atoms with E-state index in [-0.39, 0.29) is 0 Å². The first-order chi connectivity index (χ1) is 7.85. The van der Waals surface area contributed by atoms with Crippen molar-refractivity contribution in [3.05, 3.63) is 42.0 Å². The van der Waals surface area contributed by atoms with Gasteiger partial charge in [-0.15, -0.1) is 0 Å². The summed E-state index contributed by atoms with van der Waals surface area (Å²) in [6.07, 6.45) is 2.27. The Morgan fingerprint density at radius 1 is 1.19 bits per heavy atom. The molecule has 2 heteroatoms. The number of methoxy groups -OCH3 is 1. The van der Waals surface area contributed by atoms with E-state index in [1.54, 1.807) is 7.11 Å². The summed E-state index contributed by atoms with van der Waals surface area (Å²) < 4.78 is 5.27. The predicted molar refractivity (Wildman–Crippen MR) is 72.6 cm³/mol. The lowest BCUT2D eigenvalue weighted by Crippen LogP contribution is -1.89. The van der Waals surface area contributed by atoms with Gasteiger partial charge in [-0.3, -0.25) is 0 Å². The molecule has 0 radical (unpaired) electrons. The van der Waals surface area contributed by atoms with Gasteiger partial charge in [-0.05, 0) is 41.3 Å². The van der Waals surface area contributed by atoms with Crippen LogP contribution < -0.4 is 4.74 Å². The Bertz CT molecular complexity index is 479. The van der Waals surface area contributed by atoms with Gasteiger partial charge in [-0.25, -0.2) is 0 Å². The van der Waals surface area contributed by atoms with Crippen LogP contribution in [-0.4, -0.2) is 12.4 Å². The van der Waals surface area contributed by atoms with Crippen molar-refractivity contribution in [2.24, 2.45) is 0 Å². The topological polar surface area (TPSA) is 9.23 Å². The van der Waals surface area contributed by atoms with Gasteiger partial charge in [-0.1, -0.05) is 40.2 Å². The molecule has 0 aliphatic heterocycles. The summed E-state index contributed by atoms with van der Waals surface area (Å²) in [6.45, 7) is 0. The minimum atomic E-state index is 0.929. The van der Waals surface area contributed by atoms with Gasteiger partial charge in [0.2, 0.25) is 0 Å². The van der Waals surface area contributed by atoms with Crippen molar-refractivity contribution < 1.29 is 4.74 Å². The first-order valence-electron chi connectivity index (χ1n) is 5.47. The fourth-order valence-electron chi connectivity index (χ4n) is 1.92. The molecule has 84 valence electrons. The number of rotatable bonds is 4. The summed E-state index contributed by atoms with van der Waals surface area (Å²) in [4.78, 5) is 0. The third kappa shape index (κ3) is 2.38. The monoisotopic (exact) mass is 278 g/mol. The Kier molecular flexibility index (Phi) is 3.83. The average Bonchev–Trinajstić information content (AvgIpc) is 2.35. The summed E-state index contributed by atoms with van der Waals surface area (Å²) in [5.74, 6) is 0.929. The average molecular weight is 279 g/mol. The predicted octanol–water partition coefficient (Wildman–Crippen LogP) is 4.18. The van der Waals surface area contributed by atoms with Crippen molar-refractivity contribution in [1.29, 1.82) is 0 Å². The minimum absolute atomic E-state index is 0.929. The molecule has 0 atom stereocenters. The molecule has 0 amide bonds. The lowest BCUT2D eigenvalue weighted by atomic mass is 10.0. The first-order valence-corrected chi connectivity index (χ1v) is 6.59. The van der Waals surface area contributed by atoms with E-state index in [0.29, 0.717) is 0 Å². The van der Waals surface area contributed by atoms with E-state index < -0.39 is 0 Å². The summed E-state index contributed by atoms with van der Waals surface area (Å²) in [7, 11) is 1.71. The number of fused-ring (bicyclic) bond motifs is 1. The quantitative estimate of drug-likeness (QED) is 0.763. The maximum Gasteiger partial charge on any atom is 0.119 e. The number of halogens is 1. The molecule has 2 aromatic carbocycles. The number of aryl methyl sites for hydroxylation is 1. The van der Waals surface area contributed by atoms with Gasteiger partial charge in [0.15, 0.2) is 0 Å². The minimum Gasteiger partial charge on any atom is -0.497 e. The maximum absolute atomic E-state index is 5.27. The zero-order chi connectivity index (χ0) is 11.4. The standard InChI is InChI=1S/C14H15BrO/c1-16-13-8-7-12-5-2-4-11(6-3-9-15)14(12)10-13/h2,4-5,7-8,10H,3,6,9H2,1H3. The van der Waals surface area contributed by atoms with E-state index in [1.807, 2.05) is 6.07 Å². The number of ether oxygens (including phenoxy) is 1. The molecule has 0 saturated heterocycles. The van der Waals surface area contributed by atoms with E-state index in [0.717, 1.165) is 23.9 Å². The number of benzene rings is 2. The summed E-state index contributed by atoms with van der Waals surface area (Å²) in [6, 6.07) is 12.7. The highest BCUT2D eigenvalue weighted by Gasteiger charge is 2.02. The van der Waals surface area contributed by atoms with Crippen LogP contribution in [0.5, 0.6) is 5.75 Å². The zero-order valence-electron chi connectivity index (χ0n) is 9.37. The highest BCUT2D eigenvalue weighted by atomic mass is 79.9. The van der Waals surface area contributed by atoms with Crippen LogP contribution in [0.25, 0.3) is 10.8 Å². The molecule has 0 heterocycles. The van der Waals surface area contributed by atoms with Gasteiger partial charge in [0.1, 0.15) is 5.75 Å². The SMILES string of the molecule is COc1ccc2cccc(CCCBr)c2c1. The van der Waals surface area contributed by atoms with Gasteiger partial charge in [0, 0.05) is 5.33 Å². The molecule has 1 nitrogen and oxygen atoms in total. The lowest BCUT2D eigenvalue weighted by molar-refractivity contribution is 0.415. The van der Waals surface area contributed by atoms with Crippen molar-refractivity contribution >= 4 is 26.7 Å². The Morgan fingerprint density at radius 2 is 2.06 bits per heavy atom. The summed E-state index contributed by atoms with van der Waals surface area (Å²) in [5.41, 5.74) is 1.40. The van der Waals surface area contributed by atoms with Crippen LogP contribution in [0.3, 0.4) is 0 Å². The second-order valence-electron chi connectivity index (χ2n) is 3.80. The second-order valence-corrected chi connectivity index (χ2v) is 4.59. The van der Waals surface area contributed by atoms with Crippen LogP contribution in [0.2, 0.25) is 0 Å². The molecule has 0 saturated carbocycles. The van der Waals surface area contributed by atoms with E-state index in [1.165, 1.54) is 16.3 Å². The fourth-order valence-corrected chi connectivity index (χ4v) is 2.20. The molecule has 16 heavy (non-hydrogen) atoms. The summed E-state index contributed by atoms with van der Waals surface area (Å²) in [5, 5.41) is 3.64. The smallest absolute Gasteiger partial charge is 0.119 e. The van der Waals surface area contributed by atoms with Gasteiger partial charge in [0.05, 0.1) is 7.11 Å². The highest BCUT2D eigenvalue weighted by molar-refractivity contribution is 9.09. The van der Waals surface area contributed by atoms with Gasteiger partial charge in [0.25, 0.3) is 0 Å². The van der Waals surface area contributed by atoms with Crippen LogP contribution in [-0.2, 0) is 6.42 Å². The normalized spacial score (nSPS) is 10.6. The maximum atomic E-state index is 5.27. The molecule has 2 aromatic rings. The van der Waals surface area contributed by atoms with E-state index in [9.17, 15) is 0 Å². The van der Waals surface area contributed by atoms with Crippen molar-refractivity contribution in [2.45, 2.75) is 12.8 Å². The molecule has 0 aliphatic carbocycles. The van der Waals surface area contributed by atoms with Gasteiger partial charge >= 0.3 is 0 Å². The molecule has 0 bridgehead atoms. The van der Waals surface area contributed by atoms with Gasteiger partial charge < -0.3 is 4.74 Å². The van der Waals surface area contributed by atoms with Crippen molar-refractivity contribution in [3.63, 3.8) is 0 Å².